The van der Waals surface area contributed by atoms with Crippen LogP contribution in [0.4, 0.5) is 0 Å². The topological polar surface area (TPSA) is 17.8 Å². The third kappa shape index (κ3) is 2.09. The fraction of sp³-hybridized carbons (Fsp3) is 0.308. The van der Waals surface area contributed by atoms with Crippen molar-refractivity contribution >= 4 is 0 Å². The van der Waals surface area contributed by atoms with E-state index in [0.29, 0.717) is 5.92 Å². The molecule has 1 aromatic carbocycles. The molecule has 0 bridgehead atoms. The minimum Gasteiger partial charge on any atom is -0.241 e. The summed E-state index contributed by atoms with van der Waals surface area (Å²) in [6.07, 6.45) is 5.23. The lowest BCUT2D eigenvalue weighted by Crippen LogP contribution is -1.93. The van der Waals surface area contributed by atoms with Gasteiger partial charge in [-0.05, 0) is 30.0 Å². The Morgan fingerprint density at radius 3 is 2.67 bits per heavy atom. The Morgan fingerprint density at radius 1 is 1.27 bits per heavy atom. The van der Waals surface area contributed by atoms with Gasteiger partial charge in [0.1, 0.15) is 0 Å². The zero-order valence-electron chi connectivity index (χ0n) is 9.22. The third-order valence-corrected chi connectivity index (χ3v) is 2.80. The highest BCUT2D eigenvalue weighted by Gasteiger charge is 2.06. The van der Waals surface area contributed by atoms with Crippen molar-refractivity contribution in [1.29, 1.82) is 0 Å². The molecule has 1 heterocycles. The molecule has 0 N–H and O–H groups in total. The van der Waals surface area contributed by atoms with E-state index in [0.717, 1.165) is 12.1 Å². The van der Waals surface area contributed by atoms with Crippen molar-refractivity contribution in [2.45, 2.75) is 26.2 Å². The van der Waals surface area contributed by atoms with Crippen LogP contribution in [0.15, 0.2) is 42.7 Å². The first-order valence-electron chi connectivity index (χ1n) is 5.41. The summed E-state index contributed by atoms with van der Waals surface area (Å²) in [4.78, 5) is 0. The lowest BCUT2D eigenvalue weighted by Gasteiger charge is -2.03. The van der Waals surface area contributed by atoms with Gasteiger partial charge in [0.25, 0.3) is 0 Å². The molecule has 0 aliphatic carbocycles. The fourth-order valence-electron chi connectivity index (χ4n) is 1.55. The van der Waals surface area contributed by atoms with Crippen LogP contribution in [0.2, 0.25) is 0 Å². The minimum atomic E-state index is 0.586. The lowest BCUT2D eigenvalue weighted by atomic mass is 10.0. The molecule has 1 aromatic heterocycles. The monoisotopic (exact) mass is 200 g/mol. The molecule has 1 unspecified atom stereocenters. The molecule has 78 valence electrons. The molecule has 0 saturated carbocycles. The Bertz CT molecular complexity index is 417. The summed E-state index contributed by atoms with van der Waals surface area (Å²) in [7, 11) is 0. The maximum Gasteiger partial charge on any atom is 0.0645 e. The van der Waals surface area contributed by atoms with Crippen LogP contribution in [-0.2, 0) is 0 Å². The van der Waals surface area contributed by atoms with Crippen molar-refractivity contribution in [3.8, 4) is 5.69 Å². The Balaban J connectivity index is 2.28. The molecule has 2 heteroatoms. The quantitative estimate of drug-likeness (QED) is 0.742. The van der Waals surface area contributed by atoms with Crippen LogP contribution in [0.5, 0.6) is 0 Å². The van der Waals surface area contributed by atoms with E-state index in [4.69, 9.17) is 0 Å². The number of aromatic nitrogens is 2. The van der Waals surface area contributed by atoms with E-state index in [1.807, 2.05) is 29.1 Å². The van der Waals surface area contributed by atoms with Crippen LogP contribution in [0.1, 0.15) is 31.7 Å². The smallest absolute Gasteiger partial charge is 0.0645 e. The first kappa shape index (κ1) is 9.97. The summed E-state index contributed by atoms with van der Waals surface area (Å²) in [5.74, 6) is 0.586. The molecule has 0 amide bonds. The summed E-state index contributed by atoms with van der Waals surface area (Å²) >= 11 is 0. The fourth-order valence-corrected chi connectivity index (χ4v) is 1.55. The minimum absolute atomic E-state index is 0.586. The number of nitrogens with zero attached hydrogens (tertiary/aromatic N) is 2. The average Bonchev–Trinajstić information content (AvgIpc) is 2.78. The van der Waals surface area contributed by atoms with Crippen LogP contribution in [-0.4, -0.2) is 9.78 Å². The van der Waals surface area contributed by atoms with Crippen LogP contribution in [0.3, 0.4) is 0 Å². The Labute approximate surface area is 90.6 Å². The molecule has 0 saturated heterocycles. The van der Waals surface area contributed by atoms with Gasteiger partial charge in [0.2, 0.25) is 0 Å². The van der Waals surface area contributed by atoms with Crippen LogP contribution >= 0.6 is 0 Å². The second-order valence-corrected chi connectivity index (χ2v) is 3.86. The van der Waals surface area contributed by atoms with E-state index in [-0.39, 0.29) is 0 Å². The van der Waals surface area contributed by atoms with Gasteiger partial charge in [0.05, 0.1) is 11.9 Å². The summed E-state index contributed by atoms with van der Waals surface area (Å²) in [6, 6.07) is 10.2. The summed E-state index contributed by atoms with van der Waals surface area (Å²) in [6.45, 7) is 4.43. The third-order valence-electron chi connectivity index (χ3n) is 2.80. The zero-order chi connectivity index (χ0) is 10.7. The van der Waals surface area contributed by atoms with Gasteiger partial charge >= 0.3 is 0 Å². The van der Waals surface area contributed by atoms with Gasteiger partial charge in [-0.3, -0.25) is 0 Å². The van der Waals surface area contributed by atoms with E-state index in [2.05, 4.69) is 37.3 Å². The highest BCUT2D eigenvalue weighted by atomic mass is 15.3. The average molecular weight is 200 g/mol. The predicted octanol–water partition coefficient (Wildman–Crippen LogP) is 3.39. The second kappa shape index (κ2) is 4.30. The van der Waals surface area contributed by atoms with Crippen molar-refractivity contribution in [3.05, 3.63) is 48.3 Å². The number of hydrogen-bond acceptors (Lipinski definition) is 1. The largest absolute Gasteiger partial charge is 0.241 e. The molecule has 2 aromatic rings. The Hall–Kier alpha value is -1.57. The number of benzene rings is 1. The summed E-state index contributed by atoms with van der Waals surface area (Å²) in [5.41, 5.74) is 2.42. The van der Waals surface area contributed by atoms with Gasteiger partial charge in [0.15, 0.2) is 0 Å². The van der Waals surface area contributed by atoms with Crippen molar-refractivity contribution in [2.75, 3.05) is 0 Å². The van der Waals surface area contributed by atoms with E-state index >= 15 is 0 Å². The standard InChI is InChI=1S/C13H16N2/c1-3-11(2)12-9-14-15(10-12)13-7-5-4-6-8-13/h4-11H,3H2,1-2H3. The normalized spacial score (nSPS) is 12.7. The maximum atomic E-state index is 4.37. The van der Waals surface area contributed by atoms with Gasteiger partial charge in [-0.15, -0.1) is 0 Å². The van der Waals surface area contributed by atoms with Gasteiger partial charge in [-0.2, -0.15) is 5.10 Å². The van der Waals surface area contributed by atoms with Crippen molar-refractivity contribution in [3.63, 3.8) is 0 Å². The molecule has 15 heavy (non-hydrogen) atoms. The van der Waals surface area contributed by atoms with Gasteiger partial charge in [-0.25, -0.2) is 4.68 Å². The number of hydrogen-bond donors (Lipinski definition) is 0. The van der Waals surface area contributed by atoms with Crippen LogP contribution < -0.4 is 0 Å². The SMILES string of the molecule is CCC(C)c1cnn(-c2ccccc2)c1. The molecule has 0 aliphatic heterocycles. The molecule has 0 radical (unpaired) electrons. The molecule has 2 rings (SSSR count). The molecular formula is C13H16N2. The summed E-state index contributed by atoms with van der Waals surface area (Å²) < 4.78 is 1.93. The molecule has 0 fully saturated rings. The zero-order valence-corrected chi connectivity index (χ0v) is 9.22. The lowest BCUT2D eigenvalue weighted by molar-refractivity contribution is 0.733. The number of para-hydroxylation sites is 1. The van der Waals surface area contributed by atoms with E-state index in [1.165, 1.54) is 5.56 Å². The van der Waals surface area contributed by atoms with Gasteiger partial charge in [0, 0.05) is 6.20 Å². The first-order chi connectivity index (χ1) is 7.31. The first-order valence-corrected chi connectivity index (χ1v) is 5.41. The molecule has 1 atom stereocenters. The molecule has 2 nitrogen and oxygen atoms in total. The van der Waals surface area contributed by atoms with Crippen molar-refractivity contribution in [1.82, 2.24) is 9.78 Å². The molecule has 0 spiro atoms. The van der Waals surface area contributed by atoms with E-state index in [1.54, 1.807) is 0 Å². The Morgan fingerprint density at radius 2 is 2.00 bits per heavy atom. The molecule has 0 aliphatic rings. The maximum absolute atomic E-state index is 4.37. The van der Waals surface area contributed by atoms with Crippen molar-refractivity contribution in [2.24, 2.45) is 0 Å². The molecular weight excluding hydrogens is 184 g/mol. The Kier molecular flexibility index (Phi) is 2.86. The second-order valence-electron chi connectivity index (χ2n) is 3.86. The van der Waals surface area contributed by atoms with Crippen LogP contribution in [0, 0.1) is 0 Å². The van der Waals surface area contributed by atoms with E-state index in [9.17, 15) is 0 Å². The summed E-state index contributed by atoms with van der Waals surface area (Å²) in [5, 5.41) is 4.37. The van der Waals surface area contributed by atoms with Gasteiger partial charge in [-0.1, -0.05) is 32.0 Å². The van der Waals surface area contributed by atoms with E-state index < -0.39 is 0 Å². The van der Waals surface area contributed by atoms with Crippen LogP contribution in [0.25, 0.3) is 5.69 Å². The van der Waals surface area contributed by atoms with Gasteiger partial charge < -0.3 is 0 Å². The predicted molar refractivity (Wildman–Crippen MR) is 62.3 cm³/mol. The highest BCUT2D eigenvalue weighted by Crippen LogP contribution is 2.18. The van der Waals surface area contributed by atoms with Crippen molar-refractivity contribution < 1.29 is 0 Å². The highest BCUT2D eigenvalue weighted by molar-refractivity contribution is 5.31. The number of rotatable bonds is 3.